The van der Waals surface area contributed by atoms with Crippen LogP contribution in [0.1, 0.15) is 11.5 Å². The lowest BCUT2D eigenvalue weighted by molar-refractivity contribution is 0.391. The van der Waals surface area contributed by atoms with Crippen molar-refractivity contribution < 1.29 is 9.26 Å². The van der Waals surface area contributed by atoms with Gasteiger partial charge >= 0.3 is 0 Å². The number of methoxy groups -OCH3 is 1. The van der Waals surface area contributed by atoms with E-state index in [1.54, 1.807) is 18.7 Å². The Morgan fingerprint density at radius 2 is 1.93 bits per heavy atom. The van der Waals surface area contributed by atoms with E-state index in [0.29, 0.717) is 33.5 Å². The largest absolute Gasteiger partial charge is 0.497 e. The Hall–Kier alpha value is -3.13. The standard InChI is InChI=1S/C20H18N4O3S/c1-12-4-9-16-15(10-12)19(25)24(2)20(21-16)28-11-17-22-18(23-27-17)13-5-7-14(26-3)8-6-13/h4-10H,11H2,1-3H3. The van der Waals surface area contributed by atoms with E-state index in [4.69, 9.17) is 9.26 Å². The van der Waals surface area contributed by atoms with Crippen molar-refractivity contribution >= 4 is 22.7 Å². The van der Waals surface area contributed by atoms with Gasteiger partial charge in [0.1, 0.15) is 5.75 Å². The van der Waals surface area contributed by atoms with Crippen molar-refractivity contribution in [2.75, 3.05) is 7.11 Å². The number of hydrogen-bond donors (Lipinski definition) is 0. The first-order valence-corrected chi connectivity index (χ1v) is 9.61. The SMILES string of the molecule is COc1ccc(-c2noc(CSc3nc4ccc(C)cc4c(=O)n3C)n2)cc1. The average Bonchev–Trinajstić information content (AvgIpc) is 3.19. The quantitative estimate of drug-likeness (QED) is 0.378. The third-order valence-electron chi connectivity index (χ3n) is 4.33. The minimum atomic E-state index is -0.0688. The van der Waals surface area contributed by atoms with Gasteiger partial charge in [-0.3, -0.25) is 9.36 Å². The molecule has 7 nitrogen and oxygen atoms in total. The molecule has 0 aliphatic carbocycles. The number of hydrogen-bond acceptors (Lipinski definition) is 7. The lowest BCUT2D eigenvalue weighted by Crippen LogP contribution is -2.20. The Bertz CT molecular complexity index is 1200. The molecular formula is C20H18N4O3S. The van der Waals surface area contributed by atoms with Gasteiger partial charge in [-0.25, -0.2) is 4.98 Å². The number of fused-ring (bicyclic) bond motifs is 1. The molecule has 0 aliphatic heterocycles. The van der Waals surface area contributed by atoms with Crippen molar-refractivity contribution in [3.05, 3.63) is 64.3 Å². The van der Waals surface area contributed by atoms with Crippen molar-refractivity contribution in [2.24, 2.45) is 7.05 Å². The number of benzene rings is 2. The van der Waals surface area contributed by atoms with Crippen molar-refractivity contribution in [3.63, 3.8) is 0 Å². The first-order valence-electron chi connectivity index (χ1n) is 8.62. The van der Waals surface area contributed by atoms with Gasteiger partial charge in [0.15, 0.2) is 5.16 Å². The van der Waals surface area contributed by atoms with Crippen LogP contribution in [0.4, 0.5) is 0 Å². The maximum absolute atomic E-state index is 12.6. The van der Waals surface area contributed by atoms with Crippen LogP contribution in [-0.4, -0.2) is 26.8 Å². The van der Waals surface area contributed by atoms with Gasteiger partial charge in [-0.15, -0.1) is 0 Å². The zero-order chi connectivity index (χ0) is 19.7. The monoisotopic (exact) mass is 394 g/mol. The lowest BCUT2D eigenvalue weighted by atomic mass is 10.2. The first kappa shape index (κ1) is 18.2. The summed E-state index contributed by atoms with van der Waals surface area (Å²) in [5, 5.41) is 5.24. The van der Waals surface area contributed by atoms with Crippen LogP contribution in [0.3, 0.4) is 0 Å². The highest BCUT2D eigenvalue weighted by Crippen LogP contribution is 2.24. The summed E-state index contributed by atoms with van der Waals surface area (Å²) in [6, 6.07) is 13.1. The Morgan fingerprint density at radius 1 is 1.14 bits per heavy atom. The average molecular weight is 394 g/mol. The molecule has 142 valence electrons. The van der Waals surface area contributed by atoms with Gasteiger partial charge in [0.05, 0.1) is 23.8 Å². The molecule has 4 aromatic rings. The van der Waals surface area contributed by atoms with Crippen LogP contribution < -0.4 is 10.3 Å². The van der Waals surface area contributed by atoms with Crippen LogP contribution in [0, 0.1) is 6.92 Å². The van der Waals surface area contributed by atoms with E-state index in [9.17, 15) is 4.79 Å². The van der Waals surface area contributed by atoms with Crippen molar-refractivity contribution in [3.8, 4) is 17.1 Å². The molecule has 0 spiro atoms. The van der Waals surface area contributed by atoms with Crippen LogP contribution in [-0.2, 0) is 12.8 Å². The van der Waals surface area contributed by atoms with Crippen molar-refractivity contribution in [1.29, 1.82) is 0 Å². The summed E-state index contributed by atoms with van der Waals surface area (Å²) in [6.45, 7) is 1.96. The summed E-state index contributed by atoms with van der Waals surface area (Å²) in [6.07, 6.45) is 0. The predicted molar refractivity (Wildman–Crippen MR) is 108 cm³/mol. The van der Waals surface area contributed by atoms with Gasteiger partial charge < -0.3 is 9.26 Å². The molecule has 0 N–H and O–H groups in total. The molecular weight excluding hydrogens is 376 g/mol. The summed E-state index contributed by atoms with van der Waals surface area (Å²) in [4.78, 5) is 21.6. The Labute approximate surface area is 165 Å². The molecule has 4 rings (SSSR count). The molecule has 0 saturated heterocycles. The minimum absolute atomic E-state index is 0.0688. The highest BCUT2D eigenvalue weighted by Gasteiger charge is 2.13. The van der Waals surface area contributed by atoms with Gasteiger partial charge in [0.2, 0.25) is 11.7 Å². The molecule has 0 unspecified atom stereocenters. The molecule has 0 radical (unpaired) electrons. The van der Waals surface area contributed by atoms with Crippen LogP contribution in [0.15, 0.2) is 56.9 Å². The fourth-order valence-electron chi connectivity index (χ4n) is 2.79. The molecule has 2 aromatic heterocycles. The molecule has 0 atom stereocenters. The van der Waals surface area contributed by atoms with Crippen LogP contribution in [0.5, 0.6) is 5.75 Å². The Morgan fingerprint density at radius 3 is 2.68 bits per heavy atom. The highest BCUT2D eigenvalue weighted by atomic mass is 32.2. The number of aryl methyl sites for hydroxylation is 1. The Balaban J connectivity index is 1.55. The fourth-order valence-corrected chi connectivity index (χ4v) is 3.60. The van der Waals surface area contributed by atoms with Gasteiger partial charge in [0, 0.05) is 12.6 Å². The molecule has 2 heterocycles. The minimum Gasteiger partial charge on any atom is -0.497 e. The van der Waals surface area contributed by atoms with Gasteiger partial charge in [0.25, 0.3) is 5.56 Å². The zero-order valence-corrected chi connectivity index (χ0v) is 16.5. The number of ether oxygens (including phenoxy) is 1. The maximum atomic E-state index is 12.6. The van der Waals surface area contributed by atoms with E-state index in [0.717, 1.165) is 16.9 Å². The third-order valence-corrected chi connectivity index (χ3v) is 5.35. The summed E-state index contributed by atoms with van der Waals surface area (Å²) in [5.74, 6) is 2.16. The van der Waals surface area contributed by atoms with E-state index >= 15 is 0 Å². The van der Waals surface area contributed by atoms with Gasteiger partial charge in [-0.05, 0) is 43.3 Å². The summed E-state index contributed by atoms with van der Waals surface area (Å²) in [5.41, 5.74) is 2.48. The molecule has 8 heteroatoms. The van der Waals surface area contributed by atoms with Crippen molar-refractivity contribution in [1.82, 2.24) is 19.7 Å². The second-order valence-electron chi connectivity index (χ2n) is 6.31. The fraction of sp³-hybridized carbons (Fsp3) is 0.200. The van der Waals surface area contributed by atoms with E-state index in [2.05, 4.69) is 15.1 Å². The van der Waals surface area contributed by atoms with E-state index in [1.165, 1.54) is 11.8 Å². The van der Waals surface area contributed by atoms with Crippen LogP contribution in [0.25, 0.3) is 22.3 Å². The molecule has 0 amide bonds. The topological polar surface area (TPSA) is 83.0 Å². The normalized spacial score (nSPS) is 11.1. The molecule has 0 aliphatic rings. The number of thioether (sulfide) groups is 1. The second kappa shape index (κ2) is 7.47. The zero-order valence-electron chi connectivity index (χ0n) is 15.7. The third kappa shape index (κ3) is 3.50. The lowest BCUT2D eigenvalue weighted by Gasteiger charge is -2.08. The van der Waals surface area contributed by atoms with E-state index < -0.39 is 0 Å². The molecule has 28 heavy (non-hydrogen) atoms. The van der Waals surface area contributed by atoms with Crippen molar-refractivity contribution in [2.45, 2.75) is 17.8 Å². The number of aromatic nitrogens is 4. The van der Waals surface area contributed by atoms with Crippen LogP contribution >= 0.6 is 11.8 Å². The smallest absolute Gasteiger partial charge is 0.261 e. The number of nitrogens with zero attached hydrogens (tertiary/aromatic N) is 4. The summed E-state index contributed by atoms with van der Waals surface area (Å²) >= 11 is 1.38. The Kier molecular flexibility index (Phi) is 4.87. The molecule has 0 saturated carbocycles. The number of rotatable bonds is 5. The first-order chi connectivity index (χ1) is 13.5. The second-order valence-corrected chi connectivity index (χ2v) is 7.25. The molecule has 0 bridgehead atoms. The van der Waals surface area contributed by atoms with Gasteiger partial charge in [-0.2, -0.15) is 4.98 Å². The predicted octanol–water partition coefficient (Wildman–Crippen LogP) is 3.59. The summed E-state index contributed by atoms with van der Waals surface area (Å²) < 4.78 is 12.0. The van der Waals surface area contributed by atoms with Crippen LogP contribution in [0.2, 0.25) is 0 Å². The highest BCUT2D eigenvalue weighted by molar-refractivity contribution is 7.98. The van der Waals surface area contributed by atoms with E-state index in [1.807, 2.05) is 49.4 Å². The van der Waals surface area contributed by atoms with Gasteiger partial charge in [-0.1, -0.05) is 28.5 Å². The van der Waals surface area contributed by atoms with E-state index in [-0.39, 0.29) is 5.56 Å². The molecule has 2 aromatic carbocycles. The maximum Gasteiger partial charge on any atom is 0.261 e. The summed E-state index contributed by atoms with van der Waals surface area (Å²) in [7, 11) is 3.34. The molecule has 0 fully saturated rings.